The van der Waals surface area contributed by atoms with Crippen LogP contribution < -0.4 is 5.32 Å². The quantitative estimate of drug-likeness (QED) is 0.853. The Bertz CT molecular complexity index is 643. The molecule has 2 aromatic rings. The molecule has 0 aliphatic heterocycles. The Morgan fingerprint density at radius 1 is 1.32 bits per heavy atom. The Balaban J connectivity index is 2.19. The van der Waals surface area contributed by atoms with E-state index in [4.69, 9.17) is 0 Å². The van der Waals surface area contributed by atoms with Crippen LogP contribution in [-0.2, 0) is 6.42 Å². The number of rotatable bonds is 7. The summed E-state index contributed by atoms with van der Waals surface area (Å²) in [4.78, 5) is 19.5. The van der Waals surface area contributed by atoms with Crippen LogP contribution in [0.3, 0.4) is 0 Å². The number of pyridine rings is 1. The van der Waals surface area contributed by atoms with Gasteiger partial charge in [0.15, 0.2) is 0 Å². The smallest absolute Gasteiger partial charge is 0.270 e. The average molecular weight is 302 g/mol. The van der Waals surface area contributed by atoms with E-state index in [9.17, 15) is 4.79 Å². The Labute approximate surface area is 132 Å². The number of fused-ring (bicyclic) bond motifs is 1. The van der Waals surface area contributed by atoms with E-state index in [1.165, 1.54) is 0 Å². The molecule has 1 N–H and O–H groups in total. The number of amides is 1. The molecule has 22 heavy (non-hydrogen) atoms. The molecule has 2 heterocycles. The number of hydrogen-bond acceptors (Lipinski definition) is 3. The number of carbonyl (C=O) groups is 1. The lowest BCUT2D eigenvalue weighted by molar-refractivity contribution is 0.0942. The molecule has 0 bridgehead atoms. The van der Waals surface area contributed by atoms with Crippen LogP contribution in [0, 0.1) is 6.92 Å². The summed E-state index contributed by atoms with van der Waals surface area (Å²) in [6.07, 6.45) is 2.66. The molecule has 2 aromatic heterocycles. The molecule has 0 saturated carbocycles. The number of likely N-dealkylation sites (N-methyl/N-ethyl adjacent to an activating group) is 1. The summed E-state index contributed by atoms with van der Waals surface area (Å²) < 4.78 is 1.90. The fraction of sp³-hybridized carbons (Fsp3) is 0.529. The van der Waals surface area contributed by atoms with Gasteiger partial charge in [-0.2, -0.15) is 0 Å². The van der Waals surface area contributed by atoms with Crippen molar-refractivity contribution >= 4 is 11.6 Å². The van der Waals surface area contributed by atoms with Crippen LogP contribution in [0.15, 0.2) is 18.3 Å². The summed E-state index contributed by atoms with van der Waals surface area (Å²) in [6, 6.07) is 3.97. The number of carbonyl (C=O) groups excluding carboxylic acids is 1. The lowest BCUT2D eigenvalue weighted by Crippen LogP contribution is -2.35. The van der Waals surface area contributed by atoms with Crippen molar-refractivity contribution in [3.63, 3.8) is 0 Å². The summed E-state index contributed by atoms with van der Waals surface area (Å²) in [5.41, 5.74) is 3.48. The lowest BCUT2D eigenvalue weighted by atomic mass is 10.2. The Kier molecular flexibility index (Phi) is 5.55. The van der Waals surface area contributed by atoms with Gasteiger partial charge in [0.2, 0.25) is 0 Å². The van der Waals surface area contributed by atoms with Crippen molar-refractivity contribution in [3.8, 4) is 0 Å². The molecule has 0 radical (unpaired) electrons. The van der Waals surface area contributed by atoms with Crippen molar-refractivity contribution < 1.29 is 4.79 Å². The minimum atomic E-state index is -0.0397. The SMILES string of the molecule is CCc1nc2c(C)cccn2c1C(=O)NCCN(CC)CC. The molecule has 0 saturated heterocycles. The third kappa shape index (κ3) is 3.30. The highest BCUT2D eigenvalue weighted by molar-refractivity contribution is 5.94. The normalized spacial score (nSPS) is 11.3. The number of imidazole rings is 1. The van der Waals surface area contributed by atoms with Gasteiger partial charge in [0.05, 0.1) is 5.69 Å². The van der Waals surface area contributed by atoms with E-state index in [1.807, 2.05) is 36.6 Å². The molecule has 5 nitrogen and oxygen atoms in total. The zero-order valence-electron chi connectivity index (χ0n) is 14.0. The first-order valence-corrected chi connectivity index (χ1v) is 8.09. The Morgan fingerprint density at radius 3 is 2.68 bits per heavy atom. The molecule has 2 rings (SSSR count). The highest BCUT2D eigenvalue weighted by Gasteiger charge is 2.18. The molecule has 120 valence electrons. The first-order valence-electron chi connectivity index (χ1n) is 8.09. The first kappa shape index (κ1) is 16.5. The minimum Gasteiger partial charge on any atom is -0.349 e. The summed E-state index contributed by atoms with van der Waals surface area (Å²) in [6.45, 7) is 11.8. The van der Waals surface area contributed by atoms with Gasteiger partial charge in [-0.1, -0.05) is 26.8 Å². The summed E-state index contributed by atoms with van der Waals surface area (Å²) in [7, 11) is 0. The van der Waals surface area contributed by atoms with Crippen molar-refractivity contribution in [3.05, 3.63) is 35.3 Å². The fourth-order valence-corrected chi connectivity index (χ4v) is 2.69. The second kappa shape index (κ2) is 7.40. The zero-order valence-corrected chi connectivity index (χ0v) is 14.0. The number of hydrogen-bond donors (Lipinski definition) is 1. The molecule has 5 heteroatoms. The largest absolute Gasteiger partial charge is 0.349 e. The van der Waals surface area contributed by atoms with Crippen molar-refractivity contribution in [2.45, 2.75) is 34.1 Å². The van der Waals surface area contributed by atoms with Crippen molar-refractivity contribution in [2.75, 3.05) is 26.2 Å². The van der Waals surface area contributed by atoms with Gasteiger partial charge in [-0.15, -0.1) is 0 Å². The lowest BCUT2D eigenvalue weighted by Gasteiger charge is -2.18. The number of nitrogens with one attached hydrogen (secondary N) is 1. The third-order valence-corrected chi connectivity index (χ3v) is 4.08. The van der Waals surface area contributed by atoms with E-state index in [2.05, 4.69) is 29.0 Å². The zero-order chi connectivity index (χ0) is 16.1. The predicted octanol–water partition coefficient (Wildman–Crippen LogP) is 2.28. The molecule has 0 aliphatic carbocycles. The fourth-order valence-electron chi connectivity index (χ4n) is 2.69. The molecule has 0 spiro atoms. The number of nitrogens with zero attached hydrogens (tertiary/aromatic N) is 3. The molecule has 1 amide bonds. The summed E-state index contributed by atoms with van der Waals surface area (Å²) in [5.74, 6) is -0.0397. The van der Waals surface area contributed by atoms with Crippen LogP contribution in [0.1, 0.15) is 42.5 Å². The van der Waals surface area contributed by atoms with Crippen LogP contribution in [-0.4, -0.2) is 46.4 Å². The van der Waals surface area contributed by atoms with Gasteiger partial charge in [-0.3, -0.25) is 9.20 Å². The van der Waals surface area contributed by atoms with Crippen LogP contribution in [0.5, 0.6) is 0 Å². The first-order chi connectivity index (χ1) is 10.6. The maximum atomic E-state index is 12.6. The molecular formula is C17H26N4O. The van der Waals surface area contributed by atoms with E-state index in [1.54, 1.807) is 0 Å². The van der Waals surface area contributed by atoms with Crippen molar-refractivity contribution in [1.82, 2.24) is 19.6 Å². The van der Waals surface area contributed by atoms with Crippen LogP contribution in [0.25, 0.3) is 5.65 Å². The standard InChI is InChI=1S/C17H26N4O/c1-5-14-15(17(22)18-10-12-20(6-2)7-3)21-11-8-9-13(4)16(21)19-14/h8-9,11H,5-7,10,12H2,1-4H3,(H,18,22). The maximum Gasteiger partial charge on any atom is 0.270 e. The van der Waals surface area contributed by atoms with Gasteiger partial charge < -0.3 is 10.2 Å². The molecule has 0 atom stereocenters. The number of aromatic nitrogens is 2. The second-order valence-electron chi connectivity index (χ2n) is 5.43. The second-order valence-corrected chi connectivity index (χ2v) is 5.43. The molecule has 0 unspecified atom stereocenters. The average Bonchev–Trinajstić information content (AvgIpc) is 2.91. The Hall–Kier alpha value is -1.88. The summed E-state index contributed by atoms with van der Waals surface area (Å²) in [5, 5.41) is 3.03. The van der Waals surface area contributed by atoms with Gasteiger partial charge in [0, 0.05) is 19.3 Å². The molecule has 0 aromatic carbocycles. The minimum absolute atomic E-state index is 0.0397. The van der Waals surface area contributed by atoms with Crippen LogP contribution in [0.4, 0.5) is 0 Å². The topological polar surface area (TPSA) is 49.6 Å². The van der Waals surface area contributed by atoms with E-state index < -0.39 is 0 Å². The van der Waals surface area contributed by atoms with Gasteiger partial charge in [-0.05, 0) is 38.1 Å². The summed E-state index contributed by atoms with van der Waals surface area (Å²) >= 11 is 0. The molecule has 0 fully saturated rings. The highest BCUT2D eigenvalue weighted by atomic mass is 16.1. The molecule has 0 aliphatic rings. The van der Waals surface area contributed by atoms with Crippen LogP contribution >= 0.6 is 0 Å². The van der Waals surface area contributed by atoms with E-state index in [0.29, 0.717) is 12.2 Å². The van der Waals surface area contributed by atoms with E-state index >= 15 is 0 Å². The highest BCUT2D eigenvalue weighted by Crippen LogP contribution is 2.16. The van der Waals surface area contributed by atoms with Crippen molar-refractivity contribution in [1.29, 1.82) is 0 Å². The van der Waals surface area contributed by atoms with Crippen molar-refractivity contribution in [2.24, 2.45) is 0 Å². The third-order valence-electron chi connectivity index (χ3n) is 4.08. The van der Waals surface area contributed by atoms with Gasteiger partial charge in [-0.25, -0.2) is 4.98 Å². The Morgan fingerprint density at radius 2 is 2.05 bits per heavy atom. The molecular weight excluding hydrogens is 276 g/mol. The van der Waals surface area contributed by atoms with E-state index in [0.717, 1.165) is 43.0 Å². The van der Waals surface area contributed by atoms with Gasteiger partial charge >= 0.3 is 0 Å². The predicted molar refractivity (Wildman–Crippen MR) is 89.4 cm³/mol. The van der Waals surface area contributed by atoms with E-state index in [-0.39, 0.29) is 5.91 Å². The van der Waals surface area contributed by atoms with Gasteiger partial charge in [0.25, 0.3) is 5.91 Å². The monoisotopic (exact) mass is 302 g/mol. The maximum absolute atomic E-state index is 12.6. The van der Waals surface area contributed by atoms with Gasteiger partial charge in [0.1, 0.15) is 11.3 Å². The van der Waals surface area contributed by atoms with Crippen LogP contribution in [0.2, 0.25) is 0 Å². The number of aryl methyl sites for hydroxylation is 2.